The number of ketones is 1. The second-order valence-corrected chi connectivity index (χ2v) is 5.80. The fourth-order valence-corrected chi connectivity index (χ4v) is 4.94. The summed E-state index contributed by atoms with van der Waals surface area (Å²) in [7, 11) is 0. The van der Waals surface area contributed by atoms with Gasteiger partial charge in [-0.1, -0.05) is 12.2 Å². The SMILES string of the molecule is O=C1C[C@H]2C[C@H]3[C@@H]([C@H]2C1)[C@H]1C=C[C@@H]3C1. The molecule has 1 nitrogen and oxygen atoms in total. The lowest BCUT2D eigenvalue weighted by atomic mass is 9.80. The molecule has 0 radical (unpaired) electrons. The number of carbonyl (C=O) groups is 1. The van der Waals surface area contributed by atoms with Crippen LogP contribution in [0, 0.1) is 35.5 Å². The molecule has 4 rings (SSSR count). The van der Waals surface area contributed by atoms with Crippen molar-refractivity contribution in [2.45, 2.75) is 25.7 Å². The van der Waals surface area contributed by atoms with Gasteiger partial charge in [-0.05, 0) is 48.3 Å². The molecule has 0 aromatic heterocycles. The molecule has 0 aromatic rings. The van der Waals surface area contributed by atoms with Crippen LogP contribution < -0.4 is 0 Å². The smallest absolute Gasteiger partial charge is 0.133 e. The molecule has 0 aliphatic heterocycles. The van der Waals surface area contributed by atoms with Crippen molar-refractivity contribution in [3.05, 3.63) is 12.2 Å². The lowest BCUT2D eigenvalue weighted by Crippen LogP contribution is -2.19. The van der Waals surface area contributed by atoms with Crippen molar-refractivity contribution in [2.24, 2.45) is 35.5 Å². The van der Waals surface area contributed by atoms with Gasteiger partial charge in [-0.3, -0.25) is 4.79 Å². The highest BCUT2D eigenvalue weighted by Gasteiger charge is 2.56. The van der Waals surface area contributed by atoms with Crippen molar-refractivity contribution in [3.8, 4) is 0 Å². The van der Waals surface area contributed by atoms with Crippen molar-refractivity contribution < 1.29 is 4.79 Å². The Balaban J connectivity index is 1.71. The molecule has 0 spiro atoms. The van der Waals surface area contributed by atoms with E-state index in [1.807, 2.05) is 0 Å². The summed E-state index contributed by atoms with van der Waals surface area (Å²) in [5.41, 5.74) is 0. The normalized spacial score (nSPS) is 58.1. The molecule has 3 fully saturated rings. The highest BCUT2D eigenvalue weighted by atomic mass is 16.1. The molecular weight excluding hydrogens is 172 g/mol. The zero-order valence-corrected chi connectivity index (χ0v) is 8.36. The quantitative estimate of drug-likeness (QED) is 0.533. The standard InChI is InChI=1S/C13H16O/c14-10-4-9-5-11-7-1-2-8(3-7)13(11)12(9)6-10/h1-2,7-9,11-13H,3-6H2/t7-,8+,9+,11-,12+,13+/m1/s1. The Hall–Kier alpha value is -0.590. The second kappa shape index (κ2) is 2.32. The van der Waals surface area contributed by atoms with Gasteiger partial charge in [0.1, 0.15) is 5.78 Å². The van der Waals surface area contributed by atoms with Crippen molar-refractivity contribution in [3.63, 3.8) is 0 Å². The van der Waals surface area contributed by atoms with Crippen molar-refractivity contribution in [2.75, 3.05) is 0 Å². The molecule has 0 amide bonds. The highest BCUT2D eigenvalue weighted by molar-refractivity contribution is 5.81. The van der Waals surface area contributed by atoms with E-state index in [4.69, 9.17) is 0 Å². The molecule has 0 aromatic carbocycles. The number of Topliss-reactive ketones (excluding diaryl/α,β-unsaturated/α-hetero) is 1. The fraction of sp³-hybridized carbons (Fsp3) is 0.769. The Morgan fingerprint density at radius 3 is 2.79 bits per heavy atom. The first-order valence-electron chi connectivity index (χ1n) is 6.03. The van der Waals surface area contributed by atoms with E-state index in [2.05, 4.69) is 12.2 Å². The molecule has 14 heavy (non-hydrogen) atoms. The van der Waals surface area contributed by atoms with Gasteiger partial charge in [0, 0.05) is 12.8 Å². The van der Waals surface area contributed by atoms with Gasteiger partial charge in [0.25, 0.3) is 0 Å². The molecule has 74 valence electrons. The van der Waals surface area contributed by atoms with E-state index in [-0.39, 0.29) is 0 Å². The fourth-order valence-electron chi connectivity index (χ4n) is 4.94. The third-order valence-corrected chi connectivity index (χ3v) is 5.32. The number of rotatable bonds is 0. The van der Waals surface area contributed by atoms with Crippen LogP contribution in [0.1, 0.15) is 25.7 Å². The van der Waals surface area contributed by atoms with Crippen molar-refractivity contribution in [1.82, 2.24) is 0 Å². The van der Waals surface area contributed by atoms with Crippen LogP contribution in [0.25, 0.3) is 0 Å². The molecule has 0 N–H and O–H groups in total. The van der Waals surface area contributed by atoms with Gasteiger partial charge in [-0.15, -0.1) is 0 Å². The summed E-state index contributed by atoms with van der Waals surface area (Å²) >= 11 is 0. The van der Waals surface area contributed by atoms with E-state index in [1.54, 1.807) is 0 Å². The zero-order chi connectivity index (χ0) is 9.28. The molecular formula is C13H16O. The monoisotopic (exact) mass is 188 g/mol. The summed E-state index contributed by atoms with van der Waals surface area (Å²) in [4.78, 5) is 11.4. The Labute approximate surface area is 84.6 Å². The Morgan fingerprint density at radius 1 is 1.00 bits per heavy atom. The Kier molecular flexibility index (Phi) is 1.27. The predicted octanol–water partition coefficient (Wildman–Crippen LogP) is 2.42. The number of allylic oxidation sites excluding steroid dienone is 2. The van der Waals surface area contributed by atoms with Crippen LogP contribution in [0.5, 0.6) is 0 Å². The van der Waals surface area contributed by atoms with Crippen LogP contribution in [-0.2, 0) is 4.79 Å². The third kappa shape index (κ3) is 0.757. The molecule has 1 heteroatoms. The van der Waals surface area contributed by atoms with Crippen LogP contribution in [0.3, 0.4) is 0 Å². The van der Waals surface area contributed by atoms with E-state index in [0.29, 0.717) is 5.78 Å². The first kappa shape index (κ1) is 7.67. The summed E-state index contributed by atoms with van der Waals surface area (Å²) in [6, 6.07) is 0. The van der Waals surface area contributed by atoms with E-state index >= 15 is 0 Å². The predicted molar refractivity (Wildman–Crippen MR) is 53.6 cm³/mol. The summed E-state index contributed by atoms with van der Waals surface area (Å²) in [5.74, 6) is 5.73. The minimum Gasteiger partial charge on any atom is -0.300 e. The van der Waals surface area contributed by atoms with E-state index in [9.17, 15) is 4.79 Å². The maximum Gasteiger partial charge on any atom is 0.133 e. The first-order valence-corrected chi connectivity index (χ1v) is 6.03. The summed E-state index contributed by atoms with van der Waals surface area (Å²) in [6.45, 7) is 0. The molecule has 0 heterocycles. The van der Waals surface area contributed by atoms with Crippen LogP contribution in [-0.4, -0.2) is 5.78 Å². The maximum atomic E-state index is 11.4. The van der Waals surface area contributed by atoms with Crippen molar-refractivity contribution >= 4 is 5.78 Å². The van der Waals surface area contributed by atoms with E-state index in [0.717, 1.165) is 48.3 Å². The summed E-state index contributed by atoms with van der Waals surface area (Å²) < 4.78 is 0. The molecule has 0 saturated heterocycles. The van der Waals surface area contributed by atoms with Crippen LogP contribution in [0.4, 0.5) is 0 Å². The topological polar surface area (TPSA) is 17.1 Å². The first-order chi connectivity index (χ1) is 6.83. The van der Waals surface area contributed by atoms with Crippen LogP contribution in [0.2, 0.25) is 0 Å². The number of fused-ring (bicyclic) bond motifs is 7. The highest BCUT2D eigenvalue weighted by Crippen LogP contribution is 2.62. The van der Waals surface area contributed by atoms with E-state index < -0.39 is 0 Å². The zero-order valence-electron chi connectivity index (χ0n) is 8.36. The minimum absolute atomic E-state index is 0.546. The lowest BCUT2D eigenvalue weighted by molar-refractivity contribution is -0.118. The molecule has 0 unspecified atom stereocenters. The van der Waals surface area contributed by atoms with Gasteiger partial charge in [0.2, 0.25) is 0 Å². The average molecular weight is 188 g/mol. The van der Waals surface area contributed by atoms with Gasteiger partial charge in [-0.25, -0.2) is 0 Å². The lowest BCUT2D eigenvalue weighted by Gasteiger charge is -2.24. The largest absolute Gasteiger partial charge is 0.300 e. The molecule has 2 bridgehead atoms. The molecule has 4 aliphatic carbocycles. The Morgan fingerprint density at radius 2 is 1.86 bits per heavy atom. The van der Waals surface area contributed by atoms with Crippen LogP contribution >= 0.6 is 0 Å². The van der Waals surface area contributed by atoms with Gasteiger partial charge >= 0.3 is 0 Å². The molecule has 6 atom stereocenters. The minimum atomic E-state index is 0.546. The van der Waals surface area contributed by atoms with Crippen molar-refractivity contribution in [1.29, 1.82) is 0 Å². The molecule has 3 saturated carbocycles. The van der Waals surface area contributed by atoms with E-state index in [1.165, 1.54) is 12.8 Å². The summed E-state index contributed by atoms with van der Waals surface area (Å²) in [6.07, 6.45) is 9.50. The van der Waals surface area contributed by atoms with Gasteiger partial charge in [0.15, 0.2) is 0 Å². The Bertz CT molecular complexity index is 330. The number of hydrogen-bond donors (Lipinski definition) is 0. The average Bonchev–Trinajstić information content (AvgIpc) is 2.78. The third-order valence-electron chi connectivity index (χ3n) is 5.32. The number of carbonyl (C=O) groups excluding carboxylic acids is 1. The number of hydrogen-bond acceptors (Lipinski definition) is 1. The van der Waals surface area contributed by atoms with Crippen LogP contribution in [0.15, 0.2) is 12.2 Å². The van der Waals surface area contributed by atoms with Gasteiger partial charge in [0.05, 0.1) is 0 Å². The molecule has 4 aliphatic rings. The summed E-state index contributed by atoms with van der Waals surface area (Å²) in [5, 5.41) is 0. The maximum absolute atomic E-state index is 11.4. The second-order valence-electron chi connectivity index (χ2n) is 5.80. The van der Waals surface area contributed by atoms with Gasteiger partial charge in [-0.2, -0.15) is 0 Å². The van der Waals surface area contributed by atoms with Gasteiger partial charge < -0.3 is 0 Å².